The van der Waals surface area contributed by atoms with E-state index in [2.05, 4.69) is 15.3 Å². The molecule has 3 aromatic heterocycles. The van der Waals surface area contributed by atoms with Crippen molar-refractivity contribution in [3.63, 3.8) is 0 Å². The molecule has 0 fully saturated rings. The Balaban J connectivity index is 1.62. The number of aromatic nitrogens is 3. The minimum atomic E-state index is -0.279. The van der Waals surface area contributed by atoms with Gasteiger partial charge in [0.25, 0.3) is 5.91 Å². The van der Waals surface area contributed by atoms with Gasteiger partial charge in [-0.1, -0.05) is 18.2 Å². The lowest BCUT2D eigenvalue weighted by atomic mass is 10.2. The largest absolute Gasteiger partial charge is 0.310 e. The van der Waals surface area contributed by atoms with Gasteiger partial charge >= 0.3 is 0 Å². The fourth-order valence-corrected chi connectivity index (χ4v) is 3.77. The number of thiophene rings is 1. The van der Waals surface area contributed by atoms with E-state index in [1.807, 2.05) is 47.0 Å². The number of nitrogens with one attached hydrogen (secondary N) is 1. The number of ketones is 1. The molecular weight excluding hydrogens is 372 g/mol. The molecule has 4 aromatic rings. The normalized spacial score (nSPS) is 10.9. The minimum absolute atomic E-state index is 0.0494. The van der Waals surface area contributed by atoms with Crippen LogP contribution in [-0.4, -0.2) is 26.2 Å². The molecule has 28 heavy (non-hydrogen) atoms. The van der Waals surface area contributed by atoms with Crippen molar-refractivity contribution in [3.05, 3.63) is 76.2 Å². The van der Waals surface area contributed by atoms with Crippen LogP contribution in [-0.2, 0) is 13.0 Å². The lowest BCUT2D eigenvalue weighted by Gasteiger charge is -2.09. The van der Waals surface area contributed by atoms with Gasteiger partial charge in [-0.3, -0.25) is 19.9 Å². The van der Waals surface area contributed by atoms with Crippen LogP contribution in [0.1, 0.15) is 32.6 Å². The van der Waals surface area contributed by atoms with Gasteiger partial charge in [0, 0.05) is 30.2 Å². The van der Waals surface area contributed by atoms with E-state index < -0.39 is 0 Å². The molecule has 1 amide bonds. The number of carbonyl (C=O) groups excluding carboxylic acids is 2. The number of nitrogens with zero attached hydrogens (tertiary/aromatic N) is 3. The Morgan fingerprint density at radius 2 is 1.96 bits per heavy atom. The topological polar surface area (TPSA) is 76.9 Å². The quantitative estimate of drug-likeness (QED) is 0.501. The molecule has 6 nitrogen and oxygen atoms in total. The van der Waals surface area contributed by atoms with E-state index in [4.69, 9.17) is 0 Å². The highest BCUT2D eigenvalue weighted by molar-refractivity contribution is 7.12. The predicted octanol–water partition coefficient (Wildman–Crippen LogP) is 4.19. The highest BCUT2D eigenvalue weighted by Gasteiger charge is 2.16. The Hall–Kier alpha value is -3.32. The molecular formula is C21H18N4O2S. The molecule has 0 atom stereocenters. The summed E-state index contributed by atoms with van der Waals surface area (Å²) in [5.41, 5.74) is 3.19. The molecule has 1 N–H and O–H groups in total. The third kappa shape index (κ3) is 3.70. The van der Waals surface area contributed by atoms with Crippen molar-refractivity contribution < 1.29 is 9.59 Å². The number of benzene rings is 1. The van der Waals surface area contributed by atoms with Crippen molar-refractivity contribution in [1.29, 1.82) is 0 Å². The first-order chi connectivity index (χ1) is 13.6. The van der Waals surface area contributed by atoms with E-state index in [0.717, 1.165) is 23.1 Å². The van der Waals surface area contributed by atoms with Gasteiger partial charge in [0.1, 0.15) is 0 Å². The highest BCUT2D eigenvalue weighted by Crippen LogP contribution is 2.22. The first-order valence-corrected chi connectivity index (χ1v) is 9.76. The summed E-state index contributed by atoms with van der Waals surface area (Å²) in [7, 11) is 0. The summed E-state index contributed by atoms with van der Waals surface area (Å²) >= 11 is 1.27. The average Bonchev–Trinajstić information content (AvgIpc) is 3.32. The molecule has 7 heteroatoms. The number of carbonyl (C=O) groups is 2. The number of rotatable bonds is 6. The van der Waals surface area contributed by atoms with E-state index in [9.17, 15) is 9.59 Å². The molecule has 140 valence electrons. The fourth-order valence-electron chi connectivity index (χ4n) is 2.98. The van der Waals surface area contributed by atoms with Crippen molar-refractivity contribution in [3.8, 4) is 0 Å². The van der Waals surface area contributed by atoms with Gasteiger partial charge in [0.05, 0.1) is 21.5 Å². The van der Waals surface area contributed by atoms with Crippen molar-refractivity contribution in [2.75, 3.05) is 5.32 Å². The van der Waals surface area contributed by atoms with E-state index in [0.29, 0.717) is 22.9 Å². The molecule has 0 spiro atoms. The third-order valence-corrected chi connectivity index (χ3v) is 5.44. The van der Waals surface area contributed by atoms with E-state index in [-0.39, 0.29) is 11.7 Å². The first kappa shape index (κ1) is 18.1. The Labute approximate surface area is 165 Å². The Kier molecular flexibility index (Phi) is 4.99. The molecule has 0 unspecified atom stereocenters. The summed E-state index contributed by atoms with van der Waals surface area (Å²) in [4.78, 5) is 33.7. The van der Waals surface area contributed by atoms with Crippen LogP contribution >= 0.6 is 11.3 Å². The number of hydrogen-bond acceptors (Lipinski definition) is 5. The third-order valence-electron chi connectivity index (χ3n) is 4.41. The van der Waals surface area contributed by atoms with E-state index in [1.165, 1.54) is 18.3 Å². The van der Waals surface area contributed by atoms with Crippen LogP contribution in [0.5, 0.6) is 0 Å². The van der Waals surface area contributed by atoms with Gasteiger partial charge in [0.15, 0.2) is 5.78 Å². The number of imidazole rings is 1. The van der Waals surface area contributed by atoms with Gasteiger partial charge in [0.2, 0.25) is 5.95 Å². The fraction of sp³-hybridized carbons (Fsp3) is 0.143. The molecule has 1 aromatic carbocycles. The zero-order chi connectivity index (χ0) is 19.5. The number of amides is 1. The van der Waals surface area contributed by atoms with Crippen molar-refractivity contribution in [2.45, 2.75) is 19.9 Å². The summed E-state index contributed by atoms with van der Waals surface area (Å²) in [6.45, 7) is 2.13. The van der Waals surface area contributed by atoms with Crippen LogP contribution in [0.15, 0.2) is 60.1 Å². The molecule has 0 saturated heterocycles. The average molecular weight is 390 g/mol. The molecule has 3 heterocycles. The van der Waals surface area contributed by atoms with E-state index in [1.54, 1.807) is 17.6 Å². The summed E-state index contributed by atoms with van der Waals surface area (Å²) in [6.07, 6.45) is 2.49. The summed E-state index contributed by atoms with van der Waals surface area (Å²) < 4.78 is 1.99. The van der Waals surface area contributed by atoms with Gasteiger partial charge in [-0.05, 0) is 37.3 Å². The maximum atomic E-state index is 12.7. The van der Waals surface area contributed by atoms with Gasteiger partial charge < -0.3 is 4.57 Å². The van der Waals surface area contributed by atoms with Crippen LogP contribution in [0.25, 0.3) is 11.0 Å². The SMILES string of the molecule is CC(=O)c1cc(C(=O)Nc2nc3ccccc3n2CCc2ccccn2)cs1. The van der Waals surface area contributed by atoms with E-state index >= 15 is 0 Å². The van der Waals surface area contributed by atoms with Crippen LogP contribution in [0, 0.1) is 0 Å². The molecule has 0 radical (unpaired) electrons. The maximum absolute atomic E-state index is 12.7. The zero-order valence-electron chi connectivity index (χ0n) is 15.3. The lowest BCUT2D eigenvalue weighted by molar-refractivity contribution is 0.102. The maximum Gasteiger partial charge on any atom is 0.258 e. The summed E-state index contributed by atoms with van der Waals surface area (Å²) in [5.74, 6) is 0.155. The number of fused-ring (bicyclic) bond motifs is 1. The van der Waals surface area contributed by atoms with Gasteiger partial charge in [-0.2, -0.15) is 0 Å². The van der Waals surface area contributed by atoms with Gasteiger partial charge in [-0.25, -0.2) is 4.98 Å². The Morgan fingerprint density at radius 3 is 2.71 bits per heavy atom. The summed E-state index contributed by atoms with van der Waals surface area (Å²) in [6, 6.07) is 15.2. The number of Topliss-reactive ketones (excluding diaryl/α,β-unsaturated/α-hetero) is 1. The molecule has 0 aliphatic heterocycles. The highest BCUT2D eigenvalue weighted by atomic mass is 32.1. The zero-order valence-corrected chi connectivity index (χ0v) is 16.1. The standard InChI is InChI=1S/C21H18N4O2S/c1-14(26)19-12-15(13-28-19)20(27)24-21-23-17-7-2-3-8-18(17)25(21)11-9-16-6-4-5-10-22-16/h2-8,10,12-13H,9,11H2,1H3,(H,23,24,27). The molecule has 0 aliphatic rings. The second-order valence-corrected chi connectivity index (χ2v) is 7.27. The van der Waals surface area contributed by atoms with Crippen LogP contribution in [0.2, 0.25) is 0 Å². The van der Waals surface area contributed by atoms with Crippen LogP contribution in [0.4, 0.5) is 5.95 Å². The van der Waals surface area contributed by atoms with Crippen molar-refractivity contribution in [1.82, 2.24) is 14.5 Å². The first-order valence-electron chi connectivity index (χ1n) is 8.88. The second-order valence-electron chi connectivity index (χ2n) is 6.36. The summed E-state index contributed by atoms with van der Waals surface area (Å²) in [5, 5.41) is 4.58. The molecule has 0 bridgehead atoms. The van der Waals surface area contributed by atoms with Gasteiger partial charge in [-0.15, -0.1) is 11.3 Å². The molecule has 0 saturated carbocycles. The molecule has 0 aliphatic carbocycles. The molecule has 4 rings (SSSR count). The van der Waals surface area contributed by atoms with Crippen LogP contribution in [0.3, 0.4) is 0 Å². The number of pyridine rings is 1. The number of para-hydroxylation sites is 2. The Bertz CT molecular complexity index is 1150. The number of aryl methyl sites for hydroxylation is 2. The monoisotopic (exact) mass is 390 g/mol. The van der Waals surface area contributed by atoms with Crippen molar-refractivity contribution >= 4 is 40.0 Å². The minimum Gasteiger partial charge on any atom is -0.310 e. The second kappa shape index (κ2) is 7.74. The number of hydrogen-bond donors (Lipinski definition) is 1. The van der Waals surface area contributed by atoms with Crippen LogP contribution < -0.4 is 5.32 Å². The van der Waals surface area contributed by atoms with Crippen molar-refractivity contribution in [2.24, 2.45) is 0 Å². The Morgan fingerprint density at radius 1 is 1.14 bits per heavy atom. The smallest absolute Gasteiger partial charge is 0.258 e. The predicted molar refractivity (Wildman–Crippen MR) is 110 cm³/mol. The lowest BCUT2D eigenvalue weighted by Crippen LogP contribution is -2.16. The number of anilines is 1.